The standard InChI is InChI=1S/C12H14ClNO3S/c1-2-10(12(16)17)18-7-11(15)14-9-5-3-4-8(13)6-9/h3-6,10H,2,7H2,1H3,(H,14,15)(H,16,17). The van der Waals surface area contributed by atoms with Crippen LogP contribution in [0.25, 0.3) is 0 Å². The Bertz CT molecular complexity index is 439. The van der Waals surface area contributed by atoms with Gasteiger partial charge in [0.25, 0.3) is 0 Å². The van der Waals surface area contributed by atoms with Gasteiger partial charge in [-0.1, -0.05) is 24.6 Å². The molecule has 0 aliphatic heterocycles. The minimum absolute atomic E-state index is 0.108. The number of halogens is 1. The van der Waals surface area contributed by atoms with E-state index in [0.29, 0.717) is 17.1 Å². The largest absolute Gasteiger partial charge is 0.480 e. The molecule has 0 aliphatic carbocycles. The fraction of sp³-hybridized carbons (Fsp3) is 0.333. The number of hydrogen-bond donors (Lipinski definition) is 2. The molecule has 18 heavy (non-hydrogen) atoms. The van der Waals surface area contributed by atoms with Gasteiger partial charge in [0.1, 0.15) is 5.25 Å². The van der Waals surface area contributed by atoms with Crippen LogP contribution in [0.15, 0.2) is 24.3 Å². The fourth-order valence-electron chi connectivity index (χ4n) is 1.30. The zero-order chi connectivity index (χ0) is 13.5. The highest BCUT2D eigenvalue weighted by molar-refractivity contribution is 8.01. The van der Waals surface area contributed by atoms with E-state index < -0.39 is 11.2 Å². The first-order valence-electron chi connectivity index (χ1n) is 5.42. The third kappa shape index (κ3) is 4.98. The van der Waals surface area contributed by atoms with Crippen molar-refractivity contribution >= 4 is 40.9 Å². The van der Waals surface area contributed by atoms with Crippen LogP contribution in [0.2, 0.25) is 5.02 Å². The van der Waals surface area contributed by atoms with Crippen molar-refractivity contribution in [2.75, 3.05) is 11.1 Å². The predicted octanol–water partition coefficient (Wildman–Crippen LogP) is 2.87. The molecule has 1 aromatic carbocycles. The van der Waals surface area contributed by atoms with Crippen LogP contribution in [0.4, 0.5) is 5.69 Å². The molecule has 0 saturated carbocycles. The number of benzene rings is 1. The fourth-order valence-corrected chi connectivity index (χ4v) is 2.30. The maximum absolute atomic E-state index is 11.6. The predicted molar refractivity (Wildman–Crippen MR) is 74.3 cm³/mol. The molecule has 0 aromatic heterocycles. The van der Waals surface area contributed by atoms with Crippen molar-refractivity contribution in [3.05, 3.63) is 29.3 Å². The SMILES string of the molecule is CCC(SCC(=O)Nc1cccc(Cl)c1)C(=O)O. The highest BCUT2D eigenvalue weighted by atomic mass is 35.5. The molecule has 0 radical (unpaired) electrons. The number of aliphatic carboxylic acids is 1. The van der Waals surface area contributed by atoms with Crippen LogP contribution in [0.1, 0.15) is 13.3 Å². The van der Waals surface area contributed by atoms with E-state index in [4.69, 9.17) is 16.7 Å². The van der Waals surface area contributed by atoms with Gasteiger partial charge in [0, 0.05) is 10.7 Å². The third-order valence-electron chi connectivity index (χ3n) is 2.17. The molecule has 1 atom stereocenters. The van der Waals surface area contributed by atoms with Gasteiger partial charge in [-0.15, -0.1) is 11.8 Å². The summed E-state index contributed by atoms with van der Waals surface area (Å²) in [4.78, 5) is 22.4. The number of thioether (sulfide) groups is 1. The number of carboxylic acid groups (broad SMARTS) is 1. The summed E-state index contributed by atoms with van der Waals surface area (Å²) in [5, 5.41) is 11.5. The highest BCUT2D eigenvalue weighted by Gasteiger charge is 2.16. The van der Waals surface area contributed by atoms with E-state index >= 15 is 0 Å². The Balaban J connectivity index is 2.45. The summed E-state index contributed by atoms with van der Waals surface area (Å²) >= 11 is 6.90. The van der Waals surface area contributed by atoms with E-state index in [9.17, 15) is 9.59 Å². The van der Waals surface area contributed by atoms with Gasteiger partial charge in [-0.05, 0) is 24.6 Å². The first-order chi connectivity index (χ1) is 8.52. The zero-order valence-electron chi connectivity index (χ0n) is 9.85. The van der Waals surface area contributed by atoms with Crippen molar-refractivity contribution in [1.82, 2.24) is 0 Å². The van der Waals surface area contributed by atoms with Crippen LogP contribution in [0.5, 0.6) is 0 Å². The summed E-state index contributed by atoms with van der Waals surface area (Å²) in [7, 11) is 0. The third-order valence-corrected chi connectivity index (χ3v) is 3.77. The molecule has 98 valence electrons. The second-order valence-corrected chi connectivity index (χ2v) is 5.23. The van der Waals surface area contributed by atoms with Gasteiger partial charge >= 0.3 is 5.97 Å². The number of carbonyl (C=O) groups excluding carboxylic acids is 1. The van der Waals surface area contributed by atoms with E-state index in [2.05, 4.69) is 5.32 Å². The molecule has 1 rings (SSSR count). The Hall–Kier alpha value is -1.20. The number of anilines is 1. The lowest BCUT2D eigenvalue weighted by atomic mass is 10.3. The molecular formula is C12H14ClNO3S. The number of amides is 1. The molecule has 4 nitrogen and oxygen atoms in total. The second-order valence-electron chi connectivity index (χ2n) is 3.60. The summed E-state index contributed by atoms with van der Waals surface area (Å²) in [5.74, 6) is -1.02. The van der Waals surface area contributed by atoms with Gasteiger partial charge in [-0.25, -0.2) is 0 Å². The van der Waals surface area contributed by atoms with Crippen LogP contribution < -0.4 is 5.32 Å². The lowest BCUT2D eigenvalue weighted by Crippen LogP contribution is -2.20. The molecule has 2 N–H and O–H groups in total. The second kappa shape index (κ2) is 7.28. The molecular weight excluding hydrogens is 274 g/mol. The molecule has 1 unspecified atom stereocenters. The van der Waals surface area contributed by atoms with Crippen molar-refractivity contribution in [1.29, 1.82) is 0 Å². The maximum Gasteiger partial charge on any atom is 0.316 e. The van der Waals surface area contributed by atoms with Gasteiger partial charge < -0.3 is 10.4 Å². The van der Waals surface area contributed by atoms with Crippen LogP contribution in [-0.4, -0.2) is 28.0 Å². The van der Waals surface area contributed by atoms with Gasteiger partial charge in [-0.3, -0.25) is 9.59 Å². The molecule has 1 amide bonds. The van der Waals surface area contributed by atoms with Crippen LogP contribution in [0.3, 0.4) is 0 Å². The first-order valence-corrected chi connectivity index (χ1v) is 6.85. The average molecular weight is 288 g/mol. The number of carbonyl (C=O) groups is 2. The Labute approximate surface area is 115 Å². The number of nitrogens with one attached hydrogen (secondary N) is 1. The zero-order valence-corrected chi connectivity index (χ0v) is 11.4. The molecule has 0 fully saturated rings. The van der Waals surface area contributed by atoms with Crippen molar-refractivity contribution in [2.24, 2.45) is 0 Å². The summed E-state index contributed by atoms with van der Waals surface area (Å²) in [5.41, 5.74) is 0.608. The van der Waals surface area contributed by atoms with Crippen molar-refractivity contribution in [3.63, 3.8) is 0 Å². The van der Waals surface area contributed by atoms with Crippen LogP contribution in [0, 0.1) is 0 Å². The van der Waals surface area contributed by atoms with Crippen molar-refractivity contribution in [3.8, 4) is 0 Å². The minimum atomic E-state index is -0.891. The van der Waals surface area contributed by atoms with Gasteiger partial charge in [0.15, 0.2) is 0 Å². The minimum Gasteiger partial charge on any atom is -0.480 e. The highest BCUT2D eigenvalue weighted by Crippen LogP contribution is 2.17. The van der Waals surface area contributed by atoms with Crippen molar-refractivity contribution in [2.45, 2.75) is 18.6 Å². The molecule has 0 spiro atoms. The summed E-state index contributed by atoms with van der Waals surface area (Å²) in [6, 6.07) is 6.81. The van der Waals surface area contributed by atoms with Crippen LogP contribution >= 0.6 is 23.4 Å². The Kier molecular flexibility index (Phi) is 6.01. The van der Waals surface area contributed by atoms with Gasteiger partial charge in [0.2, 0.25) is 5.91 Å². The smallest absolute Gasteiger partial charge is 0.316 e. The lowest BCUT2D eigenvalue weighted by Gasteiger charge is -2.09. The quantitative estimate of drug-likeness (QED) is 0.844. The topological polar surface area (TPSA) is 66.4 Å². The molecule has 0 heterocycles. The molecule has 1 aromatic rings. The molecule has 0 bridgehead atoms. The number of hydrogen-bond acceptors (Lipinski definition) is 3. The summed E-state index contributed by atoms with van der Waals surface area (Å²) < 4.78 is 0. The lowest BCUT2D eigenvalue weighted by molar-refractivity contribution is -0.136. The normalized spacial score (nSPS) is 11.9. The van der Waals surface area contributed by atoms with Gasteiger partial charge in [-0.2, -0.15) is 0 Å². The van der Waals surface area contributed by atoms with E-state index in [1.54, 1.807) is 31.2 Å². The molecule has 6 heteroatoms. The van der Waals surface area contributed by atoms with Crippen LogP contribution in [-0.2, 0) is 9.59 Å². The Morgan fingerprint density at radius 3 is 2.78 bits per heavy atom. The number of rotatable bonds is 6. The Morgan fingerprint density at radius 1 is 1.50 bits per heavy atom. The monoisotopic (exact) mass is 287 g/mol. The number of carboxylic acids is 1. The Morgan fingerprint density at radius 2 is 2.22 bits per heavy atom. The first kappa shape index (κ1) is 14.9. The molecule has 0 saturated heterocycles. The average Bonchev–Trinajstić information content (AvgIpc) is 2.29. The molecule has 0 aliphatic rings. The van der Waals surface area contributed by atoms with Crippen molar-refractivity contribution < 1.29 is 14.7 Å². The van der Waals surface area contributed by atoms with E-state index in [-0.39, 0.29) is 11.7 Å². The summed E-state index contributed by atoms with van der Waals surface area (Å²) in [6.07, 6.45) is 0.491. The van der Waals surface area contributed by atoms with E-state index in [1.165, 1.54) is 0 Å². The van der Waals surface area contributed by atoms with Gasteiger partial charge in [0.05, 0.1) is 5.75 Å². The maximum atomic E-state index is 11.6. The van der Waals surface area contributed by atoms with E-state index in [0.717, 1.165) is 11.8 Å². The summed E-state index contributed by atoms with van der Waals surface area (Å²) in [6.45, 7) is 1.78. The van der Waals surface area contributed by atoms with E-state index in [1.807, 2.05) is 0 Å².